The zero-order chi connectivity index (χ0) is 16.5. The Morgan fingerprint density at radius 1 is 1.25 bits per heavy atom. The minimum absolute atomic E-state index is 0.0387. The number of anilines is 1. The molecule has 2 heterocycles. The Morgan fingerprint density at radius 2 is 2.12 bits per heavy atom. The molecule has 0 radical (unpaired) electrons. The van der Waals surface area contributed by atoms with E-state index in [0.717, 1.165) is 12.8 Å². The van der Waals surface area contributed by atoms with E-state index in [0.29, 0.717) is 22.6 Å². The van der Waals surface area contributed by atoms with Gasteiger partial charge in [0.2, 0.25) is 11.7 Å². The summed E-state index contributed by atoms with van der Waals surface area (Å²) in [6.07, 6.45) is 3.44. The van der Waals surface area contributed by atoms with E-state index >= 15 is 0 Å². The fourth-order valence-corrected chi connectivity index (χ4v) is 2.37. The number of hydrogen-bond donors (Lipinski definition) is 2. The van der Waals surface area contributed by atoms with Crippen LogP contribution in [0.15, 0.2) is 51.9 Å². The van der Waals surface area contributed by atoms with E-state index < -0.39 is 0 Å². The molecule has 1 aliphatic carbocycles. The highest BCUT2D eigenvalue weighted by Gasteiger charge is 2.29. The van der Waals surface area contributed by atoms with Gasteiger partial charge in [-0.3, -0.25) is 9.59 Å². The Morgan fingerprint density at radius 3 is 2.92 bits per heavy atom. The predicted molar refractivity (Wildman–Crippen MR) is 87.1 cm³/mol. The Kier molecular flexibility index (Phi) is 3.45. The van der Waals surface area contributed by atoms with Gasteiger partial charge in [0.25, 0.3) is 11.4 Å². The van der Waals surface area contributed by atoms with Crippen molar-refractivity contribution in [2.75, 3.05) is 5.32 Å². The van der Waals surface area contributed by atoms with Gasteiger partial charge in [0.1, 0.15) is 5.56 Å². The number of rotatable bonds is 4. The lowest BCUT2D eigenvalue weighted by atomic mass is 10.2. The van der Waals surface area contributed by atoms with Crippen molar-refractivity contribution in [3.8, 4) is 22.8 Å². The second kappa shape index (κ2) is 5.77. The average molecular weight is 322 g/mol. The molecule has 1 aliphatic rings. The van der Waals surface area contributed by atoms with Crippen LogP contribution in [0.2, 0.25) is 0 Å². The highest BCUT2D eigenvalue weighted by Crippen LogP contribution is 2.30. The summed E-state index contributed by atoms with van der Waals surface area (Å²) >= 11 is 0. The van der Waals surface area contributed by atoms with E-state index in [9.17, 15) is 9.59 Å². The monoisotopic (exact) mass is 322 g/mol. The largest absolute Gasteiger partial charge is 0.333 e. The van der Waals surface area contributed by atoms with E-state index in [-0.39, 0.29) is 23.3 Å². The van der Waals surface area contributed by atoms with Crippen LogP contribution in [0.3, 0.4) is 0 Å². The predicted octanol–water partition coefficient (Wildman–Crippen LogP) is 2.44. The number of nitrogens with zero attached hydrogens (tertiary/aromatic N) is 2. The first-order chi connectivity index (χ1) is 11.7. The molecule has 4 rings (SSSR count). The number of aromatic amines is 1. The lowest BCUT2D eigenvalue weighted by Crippen LogP contribution is -2.13. The average Bonchev–Trinajstić information content (AvgIpc) is 3.33. The van der Waals surface area contributed by atoms with Crippen LogP contribution in [0.25, 0.3) is 22.8 Å². The summed E-state index contributed by atoms with van der Waals surface area (Å²) in [6.45, 7) is 0. The summed E-state index contributed by atoms with van der Waals surface area (Å²) in [5.41, 5.74) is 1.41. The molecule has 0 bridgehead atoms. The van der Waals surface area contributed by atoms with Crippen molar-refractivity contribution in [1.82, 2.24) is 15.1 Å². The standard InChI is InChI=1S/C17H14N4O3/c22-15(10-6-7-10)19-12-4-1-3-11(9-12)14-20-17(24-21-14)13-5-2-8-18-16(13)23/h1-5,8-10H,6-7H2,(H,18,23)(H,19,22). The third-order valence-corrected chi connectivity index (χ3v) is 3.81. The molecule has 7 nitrogen and oxygen atoms in total. The van der Waals surface area contributed by atoms with E-state index in [1.54, 1.807) is 18.2 Å². The number of nitrogens with one attached hydrogen (secondary N) is 2. The number of carbonyl (C=O) groups excluding carboxylic acids is 1. The number of aromatic nitrogens is 3. The van der Waals surface area contributed by atoms with Crippen molar-refractivity contribution in [1.29, 1.82) is 0 Å². The summed E-state index contributed by atoms with van der Waals surface area (Å²) < 4.78 is 5.19. The van der Waals surface area contributed by atoms with Gasteiger partial charge in [0.05, 0.1) is 0 Å². The molecular weight excluding hydrogens is 308 g/mol. The normalized spacial score (nSPS) is 13.7. The smallest absolute Gasteiger partial charge is 0.263 e. The Balaban J connectivity index is 1.61. The summed E-state index contributed by atoms with van der Waals surface area (Å²) in [5, 5.41) is 6.80. The van der Waals surface area contributed by atoms with Crippen LogP contribution < -0.4 is 10.9 Å². The number of H-pyrrole nitrogens is 1. The zero-order valence-electron chi connectivity index (χ0n) is 12.7. The van der Waals surface area contributed by atoms with Crippen LogP contribution >= 0.6 is 0 Å². The Labute approximate surface area is 136 Å². The maximum atomic E-state index is 11.9. The van der Waals surface area contributed by atoms with Gasteiger partial charge < -0.3 is 14.8 Å². The number of amides is 1. The van der Waals surface area contributed by atoms with Gasteiger partial charge in [-0.15, -0.1) is 0 Å². The summed E-state index contributed by atoms with van der Waals surface area (Å²) in [4.78, 5) is 30.5. The molecule has 0 aliphatic heterocycles. The molecule has 1 amide bonds. The maximum absolute atomic E-state index is 11.9. The fourth-order valence-electron chi connectivity index (χ4n) is 2.37. The molecule has 24 heavy (non-hydrogen) atoms. The minimum Gasteiger partial charge on any atom is -0.333 e. The number of hydrogen-bond acceptors (Lipinski definition) is 5. The van der Waals surface area contributed by atoms with Crippen LogP contribution in [-0.2, 0) is 4.79 Å². The molecule has 0 saturated heterocycles. The van der Waals surface area contributed by atoms with Crippen molar-refractivity contribution in [3.05, 3.63) is 52.9 Å². The highest BCUT2D eigenvalue weighted by atomic mass is 16.5. The van der Waals surface area contributed by atoms with Crippen molar-refractivity contribution >= 4 is 11.6 Å². The third-order valence-electron chi connectivity index (χ3n) is 3.81. The number of carbonyl (C=O) groups is 1. The van der Waals surface area contributed by atoms with Crippen molar-refractivity contribution in [2.24, 2.45) is 5.92 Å². The Hall–Kier alpha value is -3.22. The van der Waals surface area contributed by atoms with Crippen LogP contribution in [0.5, 0.6) is 0 Å². The van der Waals surface area contributed by atoms with Gasteiger partial charge in [-0.1, -0.05) is 17.3 Å². The van der Waals surface area contributed by atoms with Gasteiger partial charge in [-0.25, -0.2) is 0 Å². The first-order valence-corrected chi connectivity index (χ1v) is 7.64. The topological polar surface area (TPSA) is 101 Å². The first-order valence-electron chi connectivity index (χ1n) is 7.64. The second-order valence-corrected chi connectivity index (χ2v) is 5.68. The van der Waals surface area contributed by atoms with E-state index in [1.807, 2.05) is 18.2 Å². The molecular formula is C17H14N4O3. The van der Waals surface area contributed by atoms with E-state index in [4.69, 9.17) is 4.52 Å². The van der Waals surface area contributed by atoms with Crippen LogP contribution in [0, 0.1) is 5.92 Å². The van der Waals surface area contributed by atoms with Crippen molar-refractivity contribution in [2.45, 2.75) is 12.8 Å². The van der Waals surface area contributed by atoms with Crippen LogP contribution in [0.4, 0.5) is 5.69 Å². The number of benzene rings is 1. The molecule has 2 aromatic heterocycles. The lowest BCUT2D eigenvalue weighted by Gasteiger charge is -2.04. The first kappa shape index (κ1) is 14.4. The molecule has 3 aromatic rings. The highest BCUT2D eigenvalue weighted by molar-refractivity contribution is 5.94. The van der Waals surface area contributed by atoms with E-state index in [2.05, 4.69) is 20.4 Å². The summed E-state index contributed by atoms with van der Waals surface area (Å²) in [5.74, 6) is 0.682. The van der Waals surface area contributed by atoms with Crippen LogP contribution in [0.1, 0.15) is 12.8 Å². The second-order valence-electron chi connectivity index (χ2n) is 5.68. The van der Waals surface area contributed by atoms with E-state index in [1.165, 1.54) is 6.20 Å². The molecule has 2 N–H and O–H groups in total. The van der Waals surface area contributed by atoms with Gasteiger partial charge >= 0.3 is 0 Å². The van der Waals surface area contributed by atoms with Crippen molar-refractivity contribution in [3.63, 3.8) is 0 Å². The fraction of sp³-hybridized carbons (Fsp3) is 0.176. The van der Waals surface area contributed by atoms with Gasteiger partial charge in [0, 0.05) is 23.4 Å². The SMILES string of the molecule is O=C(Nc1cccc(-c2noc(-c3ccc[nH]c3=O)n2)c1)C1CC1. The summed E-state index contributed by atoms with van der Waals surface area (Å²) in [6, 6.07) is 10.5. The molecule has 0 unspecified atom stereocenters. The molecule has 1 saturated carbocycles. The maximum Gasteiger partial charge on any atom is 0.263 e. The molecule has 0 spiro atoms. The quantitative estimate of drug-likeness (QED) is 0.768. The van der Waals surface area contributed by atoms with Crippen LogP contribution in [-0.4, -0.2) is 21.0 Å². The zero-order valence-corrected chi connectivity index (χ0v) is 12.7. The molecule has 1 aromatic carbocycles. The third kappa shape index (κ3) is 2.83. The molecule has 1 fully saturated rings. The molecule has 0 atom stereocenters. The molecule has 7 heteroatoms. The minimum atomic E-state index is -0.293. The van der Waals surface area contributed by atoms with Gasteiger partial charge in [-0.2, -0.15) is 4.98 Å². The van der Waals surface area contributed by atoms with Gasteiger partial charge in [0.15, 0.2) is 0 Å². The Bertz CT molecular complexity index is 956. The van der Waals surface area contributed by atoms with Crippen molar-refractivity contribution < 1.29 is 9.32 Å². The number of pyridine rings is 1. The summed E-state index contributed by atoms with van der Waals surface area (Å²) in [7, 11) is 0. The lowest BCUT2D eigenvalue weighted by molar-refractivity contribution is -0.117. The van der Waals surface area contributed by atoms with Gasteiger partial charge in [-0.05, 0) is 37.1 Å². The molecule has 120 valence electrons.